The predicted octanol–water partition coefficient (Wildman–Crippen LogP) is 0.266. The Kier molecular flexibility index (Phi) is 4.67. The normalized spacial score (nSPS) is 11.9. The summed E-state index contributed by atoms with van der Waals surface area (Å²) in [6.45, 7) is 1.35. The number of carboxylic acids is 1. The Labute approximate surface area is 104 Å². The maximum atomic E-state index is 11.7. The summed E-state index contributed by atoms with van der Waals surface area (Å²) in [5.41, 5.74) is 0.791. The number of phenols is 1. The molecule has 0 aliphatic heterocycles. The van der Waals surface area contributed by atoms with Crippen molar-refractivity contribution >= 4 is 11.9 Å². The third-order valence-electron chi connectivity index (χ3n) is 2.49. The van der Waals surface area contributed by atoms with Gasteiger partial charge in [0.05, 0.1) is 0 Å². The van der Waals surface area contributed by atoms with Gasteiger partial charge in [0.15, 0.2) is 0 Å². The minimum atomic E-state index is -1.21. The van der Waals surface area contributed by atoms with Crippen LogP contribution in [0.4, 0.5) is 0 Å². The summed E-state index contributed by atoms with van der Waals surface area (Å²) in [5.74, 6) is -1.85. The predicted molar refractivity (Wildman–Crippen MR) is 63.4 cm³/mol. The van der Waals surface area contributed by atoms with Crippen LogP contribution in [0, 0.1) is 6.92 Å². The van der Waals surface area contributed by atoms with Gasteiger partial charge in [0, 0.05) is 18.6 Å². The van der Waals surface area contributed by atoms with E-state index in [2.05, 4.69) is 5.32 Å². The number of aliphatic hydroxyl groups excluding tert-OH is 1. The lowest BCUT2D eigenvalue weighted by Gasteiger charge is -2.13. The Morgan fingerprint density at radius 3 is 2.56 bits per heavy atom. The van der Waals surface area contributed by atoms with E-state index in [9.17, 15) is 14.7 Å². The molecule has 18 heavy (non-hydrogen) atoms. The van der Waals surface area contributed by atoms with E-state index in [1.54, 1.807) is 13.0 Å². The van der Waals surface area contributed by atoms with Gasteiger partial charge in [-0.2, -0.15) is 0 Å². The van der Waals surface area contributed by atoms with Crippen molar-refractivity contribution in [3.8, 4) is 5.75 Å². The summed E-state index contributed by atoms with van der Waals surface area (Å²) >= 11 is 0. The Bertz CT molecular complexity index is 458. The summed E-state index contributed by atoms with van der Waals surface area (Å²) < 4.78 is 0. The molecule has 0 aromatic heterocycles. The minimum absolute atomic E-state index is 0.0308. The maximum absolute atomic E-state index is 11.7. The number of carbonyl (C=O) groups excluding carboxylic acids is 1. The highest BCUT2D eigenvalue weighted by atomic mass is 16.4. The Balaban J connectivity index is 2.80. The topological polar surface area (TPSA) is 107 Å². The second-order valence-electron chi connectivity index (χ2n) is 3.88. The number of hydrogen-bond donors (Lipinski definition) is 4. The van der Waals surface area contributed by atoms with Crippen LogP contribution in [0.5, 0.6) is 5.75 Å². The number of benzene rings is 1. The van der Waals surface area contributed by atoms with Gasteiger partial charge >= 0.3 is 5.97 Å². The highest BCUT2D eigenvalue weighted by Crippen LogP contribution is 2.17. The second-order valence-corrected chi connectivity index (χ2v) is 3.88. The lowest BCUT2D eigenvalue weighted by Crippen LogP contribution is -2.41. The summed E-state index contributed by atoms with van der Waals surface area (Å²) in [5, 5.41) is 29.2. The van der Waals surface area contributed by atoms with E-state index in [-0.39, 0.29) is 24.3 Å². The maximum Gasteiger partial charge on any atom is 0.326 e. The summed E-state index contributed by atoms with van der Waals surface area (Å²) in [4.78, 5) is 22.5. The van der Waals surface area contributed by atoms with Crippen molar-refractivity contribution < 1.29 is 24.9 Å². The zero-order chi connectivity index (χ0) is 13.7. The van der Waals surface area contributed by atoms with Gasteiger partial charge in [-0.15, -0.1) is 0 Å². The van der Waals surface area contributed by atoms with Gasteiger partial charge in [0.2, 0.25) is 0 Å². The van der Waals surface area contributed by atoms with Crippen molar-refractivity contribution in [3.63, 3.8) is 0 Å². The van der Waals surface area contributed by atoms with Crippen LogP contribution in [0.2, 0.25) is 0 Å². The summed E-state index contributed by atoms with van der Waals surface area (Å²) in [7, 11) is 0. The lowest BCUT2D eigenvalue weighted by molar-refractivity contribution is -0.139. The van der Waals surface area contributed by atoms with Gasteiger partial charge in [-0.05, 0) is 24.6 Å². The van der Waals surface area contributed by atoms with Gasteiger partial charge in [-0.25, -0.2) is 4.79 Å². The molecule has 1 atom stereocenters. The average Bonchev–Trinajstić information content (AvgIpc) is 2.31. The number of aliphatic carboxylic acids is 1. The fourth-order valence-electron chi connectivity index (χ4n) is 1.38. The molecule has 6 nitrogen and oxygen atoms in total. The molecule has 0 aliphatic rings. The van der Waals surface area contributed by atoms with Crippen LogP contribution >= 0.6 is 0 Å². The number of aliphatic hydroxyl groups is 1. The van der Waals surface area contributed by atoms with Crippen LogP contribution in [-0.2, 0) is 4.79 Å². The third kappa shape index (κ3) is 3.46. The number of amides is 1. The molecule has 0 saturated carbocycles. The summed E-state index contributed by atoms with van der Waals surface area (Å²) in [6.07, 6.45) is -0.0705. The number of carbonyl (C=O) groups is 2. The van der Waals surface area contributed by atoms with Crippen LogP contribution < -0.4 is 5.32 Å². The van der Waals surface area contributed by atoms with Gasteiger partial charge < -0.3 is 20.6 Å². The van der Waals surface area contributed by atoms with Gasteiger partial charge in [-0.3, -0.25) is 4.79 Å². The van der Waals surface area contributed by atoms with Crippen molar-refractivity contribution in [3.05, 3.63) is 29.3 Å². The van der Waals surface area contributed by atoms with Crippen LogP contribution in [0.25, 0.3) is 0 Å². The first kappa shape index (κ1) is 14.0. The monoisotopic (exact) mass is 253 g/mol. The van der Waals surface area contributed by atoms with Gasteiger partial charge in [0.25, 0.3) is 5.91 Å². The highest BCUT2D eigenvalue weighted by Gasteiger charge is 2.20. The lowest BCUT2D eigenvalue weighted by atomic mass is 10.1. The largest absolute Gasteiger partial charge is 0.508 e. The number of hydrogen-bond acceptors (Lipinski definition) is 4. The van der Waals surface area contributed by atoms with Gasteiger partial charge in [0.1, 0.15) is 11.8 Å². The van der Waals surface area contributed by atoms with E-state index in [0.717, 1.165) is 0 Å². The molecule has 0 spiro atoms. The van der Waals surface area contributed by atoms with E-state index >= 15 is 0 Å². The zero-order valence-corrected chi connectivity index (χ0v) is 9.88. The highest BCUT2D eigenvalue weighted by molar-refractivity contribution is 5.97. The number of phenolic OH excluding ortho intramolecular Hbond substituents is 1. The molecule has 6 heteroatoms. The molecule has 1 aromatic rings. The molecule has 0 saturated heterocycles. The molecular weight excluding hydrogens is 238 g/mol. The molecule has 1 aromatic carbocycles. The van der Waals surface area contributed by atoms with Crippen LogP contribution in [0.1, 0.15) is 22.3 Å². The average molecular weight is 253 g/mol. The van der Waals surface area contributed by atoms with E-state index in [1.807, 2.05) is 0 Å². The number of aromatic hydroxyl groups is 1. The fraction of sp³-hybridized carbons (Fsp3) is 0.333. The number of carboxylic acid groups (broad SMARTS) is 1. The van der Waals surface area contributed by atoms with E-state index in [1.165, 1.54) is 12.1 Å². The number of aryl methyl sites for hydroxylation is 1. The van der Waals surface area contributed by atoms with Gasteiger partial charge in [-0.1, -0.05) is 6.07 Å². The quantitative estimate of drug-likeness (QED) is 0.602. The fourth-order valence-corrected chi connectivity index (χ4v) is 1.38. The molecule has 98 valence electrons. The second kappa shape index (κ2) is 6.02. The number of nitrogens with one attached hydrogen (secondary N) is 1. The third-order valence-corrected chi connectivity index (χ3v) is 2.49. The molecule has 0 unspecified atom stereocenters. The molecule has 0 radical (unpaired) electrons. The van der Waals surface area contributed by atoms with Crippen molar-refractivity contribution in [1.29, 1.82) is 0 Å². The van der Waals surface area contributed by atoms with E-state index in [0.29, 0.717) is 5.56 Å². The SMILES string of the molecule is Cc1ccc(C(=O)N[C@H](CCO)C(=O)O)cc1O. The molecule has 1 rings (SSSR count). The molecule has 0 fully saturated rings. The van der Waals surface area contributed by atoms with Crippen molar-refractivity contribution in [2.45, 2.75) is 19.4 Å². The van der Waals surface area contributed by atoms with Crippen molar-refractivity contribution in [2.75, 3.05) is 6.61 Å². The van der Waals surface area contributed by atoms with E-state index < -0.39 is 17.9 Å². The minimum Gasteiger partial charge on any atom is -0.508 e. The molecule has 0 bridgehead atoms. The Hall–Kier alpha value is -2.08. The zero-order valence-electron chi connectivity index (χ0n) is 9.88. The van der Waals surface area contributed by atoms with Crippen LogP contribution in [-0.4, -0.2) is 39.8 Å². The molecular formula is C12H15NO5. The molecule has 0 aliphatic carbocycles. The van der Waals surface area contributed by atoms with Crippen molar-refractivity contribution in [1.82, 2.24) is 5.32 Å². The first-order valence-electron chi connectivity index (χ1n) is 5.40. The Morgan fingerprint density at radius 1 is 1.39 bits per heavy atom. The van der Waals surface area contributed by atoms with Crippen molar-refractivity contribution in [2.24, 2.45) is 0 Å². The molecule has 4 N–H and O–H groups in total. The molecule has 1 amide bonds. The standard InChI is InChI=1S/C12H15NO5/c1-7-2-3-8(6-10(7)15)11(16)13-9(4-5-14)12(17)18/h2-3,6,9,14-15H,4-5H2,1H3,(H,13,16)(H,17,18)/t9-/m1/s1. The first-order valence-corrected chi connectivity index (χ1v) is 5.40. The van der Waals surface area contributed by atoms with Crippen LogP contribution in [0.15, 0.2) is 18.2 Å². The Morgan fingerprint density at radius 2 is 2.06 bits per heavy atom. The van der Waals surface area contributed by atoms with E-state index in [4.69, 9.17) is 10.2 Å². The first-order chi connectivity index (χ1) is 8.45. The summed E-state index contributed by atoms with van der Waals surface area (Å²) in [6, 6.07) is 3.17. The number of rotatable bonds is 5. The molecule has 0 heterocycles. The van der Waals surface area contributed by atoms with Crippen LogP contribution in [0.3, 0.4) is 0 Å². The smallest absolute Gasteiger partial charge is 0.326 e.